The average Bonchev–Trinajstić information content (AvgIpc) is 3.08. The van der Waals surface area contributed by atoms with E-state index in [2.05, 4.69) is 32.0 Å². The van der Waals surface area contributed by atoms with Crippen molar-refractivity contribution < 1.29 is 9.52 Å². The Morgan fingerprint density at radius 1 is 1.25 bits per heavy atom. The van der Waals surface area contributed by atoms with Crippen molar-refractivity contribution in [2.75, 3.05) is 0 Å². The van der Waals surface area contributed by atoms with Crippen molar-refractivity contribution in [3.8, 4) is 17.6 Å². The standard InChI is InChI=1S/C17H13N5O2/c1-11-4-6-14(16(18)21-17-19-9-10-24-17)15(23)13(11)7-5-12-3-2-8-20-22-12/h2-4,6,8-10,23H,1H3,(H2,18,19,21). The van der Waals surface area contributed by atoms with E-state index in [4.69, 9.17) is 10.2 Å². The van der Waals surface area contributed by atoms with Gasteiger partial charge < -0.3 is 15.3 Å². The summed E-state index contributed by atoms with van der Waals surface area (Å²) in [7, 11) is 0. The van der Waals surface area contributed by atoms with E-state index in [0.29, 0.717) is 16.8 Å². The normalized spacial score (nSPS) is 11.0. The largest absolute Gasteiger partial charge is 0.506 e. The van der Waals surface area contributed by atoms with E-state index in [1.165, 1.54) is 12.5 Å². The van der Waals surface area contributed by atoms with Crippen molar-refractivity contribution in [3.63, 3.8) is 0 Å². The minimum absolute atomic E-state index is 0.0563. The molecule has 3 rings (SSSR count). The van der Waals surface area contributed by atoms with Crippen LogP contribution in [0.3, 0.4) is 0 Å². The van der Waals surface area contributed by atoms with Crippen LogP contribution in [0, 0.1) is 18.8 Å². The molecule has 2 heterocycles. The third-order valence-corrected chi connectivity index (χ3v) is 3.19. The van der Waals surface area contributed by atoms with E-state index >= 15 is 0 Å². The highest BCUT2D eigenvalue weighted by atomic mass is 16.4. The number of benzene rings is 1. The molecule has 0 radical (unpaired) electrons. The number of amidine groups is 1. The SMILES string of the molecule is Cc1ccc(C(N)=Nc2ncco2)c(O)c1C#Cc1cccnn1. The van der Waals surface area contributed by atoms with Crippen molar-refractivity contribution in [3.05, 3.63) is 65.3 Å². The summed E-state index contributed by atoms with van der Waals surface area (Å²) in [5, 5.41) is 18.1. The van der Waals surface area contributed by atoms with E-state index in [1.807, 2.05) is 6.92 Å². The minimum atomic E-state index is -0.0563. The molecule has 3 aromatic rings. The van der Waals surface area contributed by atoms with Crippen LogP contribution in [-0.2, 0) is 0 Å². The fourth-order valence-corrected chi connectivity index (χ4v) is 1.99. The maximum Gasteiger partial charge on any atom is 0.323 e. The lowest BCUT2D eigenvalue weighted by molar-refractivity contribution is 0.472. The third-order valence-electron chi connectivity index (χ3n) is 3.19. The molecule has 0 spiro atoms. The summed E-state index contributed by atoms with van der Waals surface area (Å²) in [6.07, 6.45) is 4.41. The van der Waals surface area contributed by atoms with Crippen molar-refractivity contribution in [1.82, 2.24) is 15.2 Å². The molecule has 0 saturated heterocycles. The van der Waals surface area contributed by atoms with Gasteiger partial charge in [0.1, 0.15) is 23.5 Å². The maximum absolute atomic E-state index is 10.5. The van der Waals surface area contributed by atoms with E-state index in [9.17, 15) is 5.11 Å². The van der Waals surface area contributed by atoms with Gasteiger partial charge in [-0.3, -0.25) is 0 Å². The van der Waals surface area contributed by atoms with Gasteiger partial charge in [-0.25, -0.2) is 4.98 Å². The van der Waals surface area contributed by atoms with Gasteiger partial charge >= 0.3 is 6.01 Å². The number of nitrogens with zero attached hydrogens (tertiary/aromatic N) is 4. The van der Waals surface area contributed by atoms with E-state index < -0.39 is 0 Å². The molecule has 0 atom stereocenters. The molecule has 0 aliphatic heterocycles. The average molecular weight is 319 g/mol. The van der Waals surface area contributed by atoms with Crippen LogP contribution in [0.15, 0.2) is 52.3 Å². The van der Waals surface area contributed by atoms with E-state index in [0.717, 1.165) is 5.56 Å². The van der Waals surface area contributed by atoms with Crippen molar-refractivity contribution in [1.29, 1.82) is 0 Å². The Balaban J connectivity index is 2.01. The van der Waals surface area contributed by atoms with Gasteiger partial charge in [-0.1, -0.05) is 12.0 Å². The summed E-state index contributed by atoms with van der Waals surface area (Å²) in [5.41, 5.74) is 8.04. The molecule has 0 unspecified atom stereocenters. The molecule has 1 aromatic carbocycles. The Bertz CT molecular complexity index is 938. The van der Waals surface area contributed by atoms with Crippen LogP contribution < -0.4 is 5.73 Å². The van der Waals surface area contributed by atoms with Gasteiger partial charge in [0.05, 0.1) is 17.3 Å². The van der Waals surface area contributed by atoms with Crippen molar-refractivity contribution in [2.24, 2.45) is 10.7 Å². The van der Waals surface area contributed by atoms with E-state index in [1.54, 1.807) is 30.5 Å². The quantitative estimate of drug-likeness (QED) is 0.424. The smallest absolute Gasteiger partial charge is 0.323 e. The van der Waals surface area contributed by atoms with Gasteiger partial charge in [0.2, 0.25) is 0 Å². The van der Waals surface area contributed by atoms with Crippen LogP contribution in [0.2, 0.25) is 0 Å². The number of phenolic OH excluding ortho intramolecular Hbond substituents is 1. The summed E-state index contributed by atoms with van der Waals surface area (Å²) < 4.78 is 5.02. The highest BCUT2D eigenvalue weighted by molar-refractivity contribution is 6.01. The number of aromatic hydroxyl groups is 1. The Morgan fingerprint density at radius 2 is 2.12 bits per heavy atom. The zero-order valence-electron chi connectivity index (χ0n) is 12.8. The summed E-state index contributed by atoms with van der Waals surface area (Å²) >= 11 is 0. The number of aryl methyl sites for hydroxylation is 1. The topological polar surface area (TPSA) is 110 Å². The maximum atomic E-state index is 10.5. The highest BCUT2D eigenvalue weighted by Gasteiger charge is 2.12. The minimum Gasteiger partial charge on any atom is -0.506 e. The zero-order chi connectivity index (χ0) is 16.9. The van der Waals surface area contributed by atoms with Crippen LogP contribution in [0.1, 0.15) is 22.4 Å². The Morgan fingerprint density at radius 3 is 2.83 bits per heavy atom. The lowest BCUT2D eigenvalue weighted by Gasteiger charge is -2.08. The number of hydrogen-bond acceptors (Lipinski definition) is 6. The Kier molecular flexibility index (Phi) is 4.21. The molecule has 118 valence electrons. The van der Waals surface area contributed by atoms with Crippen LogP contribution in [0.25, 0.3) is 0 Å². The summed E-state index contributed by atoms with van der Waals surface area (Å²) in [6, 6.07) is 7.04. The number of hydrogen-bond donors (Lipinski definition) is 2. The molecule has 0 amide bonds. The van der Waals surface area contributed by atoms with Crippen molar-refractivity contribution >= 4 is 11.9 Å². The lowest BCUT2D eigenvalue weighted by Crippen LogP contribution is -2.13. The molecule has 3 N–H and O–H groups in total. The first-order chi connectivity index (χ1) is 11.6. The molecular weight excluding hydrogens is 306 g/mol. The van der Waals surface area contributed by atoms with Gasteiger partial charge in [0.15, 0.2) is 0 Å². The summed E-state index contributed by atoms with van der Waals surface area (Å²) in [5.74, 6) is 5.78. The molecule has 7 heteroatoms. The van der Waals surface area contributed by atoms with E-state index in [-0.39, 0.29) is 17.6 Å². The Labute approximate surface area is 137 Å². The molecule has 0 fully saturated rings. The summed E-state index contributed by atoms with van der Waals surface area (Å²) in [6.45, 7) is 1.84. The molecule has 7 nitrogen and oxygen atoms in total. The first kappa shape index (κ1) is 15.2. The second-order valence-electron chi connectivity index (χ2n) is 4.82. The van der Waals surface area contributed by atoms with Crippen molar-refractivity contribution in [2.45, 2.75) is 6.92 Å². The third kappa shape index (κ3) is 3.23. The van der Waals surface area contributed by atoms with Crippen LogP contribution in [0.5, 0.6) is 5.75 Å². The van der Waals surface area contributed by atoms with Crippen LogP contribution in [-0.4, -0.2) is 26.1 Å². The van der Waals surface area contributed by atoms with Gasteiger partial charge in [0.25, 0.3) is 0 Å². The van der Waals surface area contributed by atoms with Crippen LogP contribution >= 0.6 is 0 Å². The second-order valence-corrected chi connectivity index (χ2v) is 4.82. The Hall–Kier alpha value is -3.66. The summed E-state index contributed by atoms with van der Waals surface area (Å²) in [4.78, 5) is 7.89. The number of nitrogens with two attached hydrogens (primary N) is 1. The molecule has 0 saturated carbocycles. The van der Waals surface area contributed by atoms with Gasteiger partial charge in [-0.2, -0.15) is 10.1 Å². The fourth-order valence-electron chi connectivity index (χ4n) is 1.99. The molecule has 2 aromatic heterocycles. The van der Waals surface area contributed by atoms with Crippen LogP contribution in [0.4, 0.5) is 6.01 Å². The van der Waals surface area contributed by atoms with Gasteiger partial charge in [-0.15, -0.1) is 5.10 Å². The number of aliphatic imine (C=N–C) groups is 1. The number of oxazole rings is 1. The second kappa shape index (κ2) is 6.62. The molecule has 24 heavy (non-hydrogen) atoms. The van der Waals surface area contributed by atoms with Gasteiger partial charge in [0, 0.05) is 6.20 Å². The van der Waals surface area contributed by atoms with Gasteiger partial charge in [-0.05, 0) is 36.6 Å². The zero-order valence-corrected chi connectivity index (χ0v) is 12.8. The molecule has 0 bridgehead atoms. The number of phenols is 1. The molecule has 0 aliphatic rings. The monoisotopic (exact) mass is 319 g/mol. The highest BCUT2D eigenvalue weighted by Crippen LogP contribution is 2.25. The lowest BCUT2D eigenvalue weighted by atomic mass is 10.0. The fraction of sp³-hybridized carbons (Fsp3) is 0.0588. The molecular formula is C17H13N5O2. The molecule has 0 aliphatic carbocycles. The first-order valence-corrected chi connectivity index (χ1v) is 7.01. The number of aromatic nitrogens is 3. The predicted octanol–water partition coefficient (Wildman–Crippen LogP) is 1.92. The predicted molar refractivity (Wildman–Crippen MR) is 87.7 cm³/mol. The first-order valence-electron chi connectivity index (χ1n) is 7.01. The number of rotatable bonds is 2.